The van der Waals surface area contributed by atoms with Crippen molar-refractivity contribution in [1.29, 1.82) is 0 Å². The van der Waals surface area contributed by atoms with E-state index in [1.807, 2.05) is 72.2 Å². The topological polar surface area (TPSA) is 60.2 Å². The van der Waals surface area contributed by atoms with Gasteiger partial charge in [-0.2, -0.15) is 0 Å². The predicted molar refractivity (Wildman–Crippen MR) is 134 cm³/mol. The van der Waals surface area contributed by atoms with Crippen molar-refractivity contribution in [3.05, 3.63) is 77.3 Å². The van der Waals surface area contributed by atoms with Gasteiger partial charge in [-0.05, 0) is 75.2 Å². The molecule has 2 heterocycles. The number of esters is 1. The Bertz CT molecular complexity index is 1270. The van der Waals surface area contributed by atoms with Gasteiger partial charge in [0.1, 0.15) is 12.1 Å². The third kappa shape index (κ3) is 5.99. The zero-order chi connectivity index (χ0) is 23.6. The van der Waals surface area contributed by atoms with Crippen LogP contribution in [0.25, 0.3) is 16.7 Å². The van der Waals surface area contributed by atoms with Gasteiger partial charge in [-0.1, -0.05) is 23.2 Å². The van der Waals surface area contributed by atoms with Crippen LogP contribution in [0.5, 0.6) is 0 Å². The Morgan fingerprint density at radius 3 is 2.52 bits per heavy atom. The van der Waals surface area contributed by atoms with Crippen LogP contribution in [-0.2, 0) is 9.53 Å². The molecule has 0 amide bonds. The highest BCUT2D eigenvalue weighted by molar-refractivity contribution is 8.00. The minimum Gasteiger partial charge on any atom is -0.459 e. The SMILES string of the molecule is CC(C)(C)OC(=O)CN(Sc1cc(Cl)cc(Cl)c1)c1ccc2c(ccn2-c2cnccn2)c1. The molecule has 0 unspecified atom stereocenters. The molecule has 0 aliphatic heterocycles. The van der Waals surface area contributed by atoms with Crippen molar-refractivity contribution in [2.75, 3.05) is 10.8 Å². The number of carbonyl (C=O) groups is 1. The van der Waals surface area contributed by atoms with E-state index >= 15 is 0 Å². The van der Waals surface area contributed by atoms with Crippen molar-refractivity contribution >= 4 is 57.7 Å². The molecule has 0 atom stereocenters. The van der Waals surface area contributed by atoms with E-state index in [0.29, 0.717) is 10.0 Å². The van der Waals surface area contributed by atoms with Gasteiger partial charge in [-0.15, -0.1) is 0 Å². The van der Waals surface area contributed by atoms with Gasteiger partial charge in [0.15, 0.2) is 5.82 Å². The van der Waals surface area contributed by atoms with Gasteiger partial charge in [0.25, 0.3) is 0 Å². The molecule has 4 rings (SSSR count). The number of hydrogen-bond acceptors (Lipinski definition) is 6. The molecular weight excluding hydrogens is 479 g/mol. The molecule has 0 aliphatic rings. The molecule has 0 radical (unpaired) electrons. The summed E-state index contributed by atoms with van der Waals surface area (Å²) in [7, 11) is 0. The summed E-state index contributed by atoms with van der Waals surface area (Å²) in [5.41, 5.74) is 1.24. The second-order valence-corrected chi connectivity index (χ2v) is 10.3. The van der Waals surface area contributed by atoms with E-state index in [0.717, 1.165) is 27.3 Å². The molecule has 0 N–H and O–H groups in total. The largest absolute Gasteiger partial charge is 0.459 e. The lowest BCUT2D eigenvalue weighted by Gasteiger charge is -2.26. The van der Waals surface area contributed by atoms with Gasteiger partial charge >= 0.3 is 5.97 Å². The fourth-order valence-electron chi connectivity index (χ4n) is 3.28. The molecule has 0 bridgehead atoms. The number of fused-ring (bicyclic) bond motifs is 1. The summed E-state index contributed by atoms with van der Waals surface area (Å²) < 4.78 is 9.40. The predicted octanol–water partition coefficient (Wildman–Crippen LogP) is 6.58. The first-order chi connectivity index (χ1) is 15.7. The standard InChI is InChI=1S/C24H22Cl2N4O2S/c1-24(2,3)32-23(31)15-30(33-20-12-17(25)11-18(26)13-20)19-4-5-21-16(10-19)6-9-29(21)22-14-27-7-8-28-22/h4-14H,15H2,1-3H3. The first-order valence-electron chi connectivity index (χ1n) is 10.2. The highest BCUT2D eigenvalue weighted by Crippen LogP contribution is 2.34. The summed E-state index contributed by atoms with van der Waals surface area (Å²) in [5, 5.41) is 2.05. The van der Waals surface area contributed by atoms with Crippen molar-refractivity contribution in [1.82, 2.24) is 14.5 Å². The lowest BCUT2D eigenvalue weighted by Crippen LogP contribution is -2.31. The zero-order valence-corrected chi connectivity index (χ0v) is 20.7. The molecule has 0 saturated carbocycles. The number of aromatic nitrogens is 3. The molecule has 6 nitrogen and oxygen atoms in total. The highest BCUT2D eigenvalue weighted by Gasteiger charge is 2.21. The molecule has 9 heteroatoms. The Balaban J connectivity index is 1.68. The Morgan fingerprint density at radius 1 is 1.09 bits per heavy atom. The van der Waals surface area contributed by atoms with E-state index in [9.17, 15) is 4.79 Å². The van der Waals surface area contributed by atoms with Crippen molar-refractivity contribution in [2.24, 2.45) is 0 Å². The van der Waals surface area contributed by atoms with Crippen LogP contribution in [0, 0.1) is 0 Å². The molecule has 33 heavy (non-hydrogen) atoms. The third-order valence-corrected chi connectivity index (χ3v) is 5.95. The molecule has 0 spiro atoms. The lowest BCUT2D eigenvalue weighted by molar-refractivity contribution is -0.152. The summed E-state index contributed by atoms with van der Waals surface area (Å²) in [4.78, 5) is 22.0. The minimum atomic E-state index is -0.579. The maximum Gasteiger partial charge on any atom is 0.327 e. The average Bonchev–Trinajstić information content (AvgIpc) is 3.15. The highest BCUT2D eigenvalue weighted by atomic mass is 35.5. The maximum atomic E-state index is 12.7. The van der Waals surface area contributed by atoms with Crippen molar-refractivity contribution in [3.8, 4) is 5.82 Å². The number of ether oxygens (including phenoxy) is 1. The molecule has 0 aliphatic carbocycles. The maximum absolute atomic E-state index is 12.7. The number of carbonyl (C=O) groups excluding carboxylic acids is 1. The normalized spacial score (nSPS) is 11.5. The van der Waals surface area contributed by atoms with E-state index in [1.54, 1.807) is 24.7 Å². The van der Waals surface area contributed by atoms with E-state index in [4.69, 9.17) is 27.9 Å². The molecule has 0 saturated heterocycles. The van der Waals surface area contributed by atoms with Crippen LogP contribution in [0.1, 0.15) is 20.8 Å². The van der Waals surface area contributed by atoms with Crippen LogP contribution in [0.3, 0.4) is 0 Å². The fourth-order valence-corrected chi connectivity index (χ4v) is 4.93. The van der Waals surface area contributed by atoms with E-state index in [2.05, 4.69) is 9.97 Å². The average molecular weight is 501 g/mol. The quantitative estimate of drug-likeness (QED) is 0.220. The smallest absolute Gasteiger partial charge is 0.327 e. The molecule has 2 aromatic carbocycles. The van der Waals surface area contributed by atoms with Gasteiger partial charge in [0, 0.05) is 44.6 Å². The van der Waals surface area contributed by atoms with Crippen LogP contribution in [0.4, 0.5) is 5.69 Å². The monoisotopic (exact) mass is 500 g/mol. The fraction of sp³-hybridized carbons (Fsp3) is 0.208. The van der Waals surface area contributed by atoms with Gasteiger partial charge in [0.2, 0.25) is 0 Å². The van der Waals surface area contributed by atoms with Gasteiger partial charge < -0.3 is 9.04 Å². The van der Waals surface area contributed by atoms with Crippen molar-refractivity contribution < 1.29 is 9.53 Å². The summed E-state index contributed by atoms with van der Waals surface area (Å²) in [6.45, 7) is 5.59. The van der Waals surface area contributed by atoms with Crippen molar-refractivity contribution in [3.63, 3.8) is 0 Å². The van der Waals surface area contributed by atoms with Crippen LogP contribution in [-0.4, -0.2) is 32.7 Å². The lowest BCUT2D eigenvalue weighted by atomic mass is 10.2. The molecular formula is C24H22Cl2N4O2S. The van der Waals surface area contributed by atoms with Crippen LogP contribution in [0.2, 0.25) is 10.0 Å². The number of anilines is 1. The number of benzene rings is 2. The van der Waals surface area contributed by atoms with Crippen molar-refractivity contribution in [2.45, 2.75) is 31.3 Å². The second kappa shape index (κ2) is 9.63. The zero-order valence-electron chi connectivity index (χ0n) is 18.3. The first-order valence-corrected chi connectivity index (χ1v) is 11.7. The Hall–Kier alpha value is -2.74. The van der Waals surface area contributed by atoms with Gasteiger partial charge in [0.05, 0.1) is 11.7 Å². The summed E-state index contributed by atoms with van der Waals surface area (Å²) in [6.07, 6.45) is 6.95. The van der Waals surface area contributed by atoms with E-state index in [1.165, 1.54) is 11.9 Å². The third-order valence-electron chi connectivity index (χ3n) is 4.50. The van der Waals surface area contributed by atoms with Gasteiger partial charge in [-0.25, -0.2) is 4.98 Å². The van der Waals surface area contributed by atoms with E-state index < -0.39 is 5.60 Å². The van der Waals surface area contributed by atoms with Crippen LogP contribution in [0.15, 0.2) is 72.1 Å². The summed E-state index contributed by atoms with van der Waals surface area (Å²) >= 11 is 13.8. The molecule has 2 aromatic heterocycles. The van der Waals surface area contributed by atoms with E-state index in [-0.39, 0.29) is 12.5 Å². The summed E-state index contributed by atoms with van der Waals surface area (Å²) in [5.74, 6) is 0.397. The number of rotatable bonds is 6. The molecule has 0 fully saturated rings. The number of halogens is 2. The minimum absolute atomic E-state index is 0.0441. The Morgan fingerprint density at radius 2 is 1.85 bits per heavy atom. The molecule has 170 valence electrons. The number of hydrogen-bond donors (Lipinski definition) is 0. The van der Waals surface area contributed by atoms with Gasteiger partial charge in [-0.3, -0.25) is 14.3 Å². The summed E-state index contributed by atoms with van der Waals surface area (Å²) in [6, 6.07) is 13.3. The first kappa shape index (κ1) is 23.4. The van der Waals surface area contributed by atoms with Crippen LogP contribution < -0.4 is 4.31 Å². The second-order valence-electron chi connectivity index (χ2n) is 8.31. The number of nitrogens with zero attached hydrogens (tertiary/aromatic N) is 4. The Kier molecular flexibility index (Phi) is 6.83. The van der Waals surface area contributed by atoms with Crippen LogP contribution >= 0.6 is 35.1 Å². The molecule has 4 aromatic rings. The Labute approximate surface area is 206 Å².